The molecule has 82 valence electrons. The fourth-order valence-corrected chi connectivity index (χ4v) is 1.21. The third kappa shape index (κ3) is 4.07. The van der Waals surface area contributed by atoms with Crippen LogP contribution in [0.2, 0.25) is 0 Å². The molecule has 0 saturated heterocycles. The SMILES string of the molecule is COCCOCCOC(=O)C1CCC1. The summed E-state index contributed by atoms with van der Waals surface area (Å²) in [5.41, 5.74) is 0. The lowest BCUT2D eigenvalue weighted by atomic mass is 9.86. The molecule has 1 rings (SSSR count). The van der Waals surface area contributed by atoms with Gasteiger partial charge < -0.3 is 14.2 Å². The Hall–Kier alpha value is -0.610. The second-order valence-electron chi connectivity index (χ2n) is 3.40. The van der Waals surface area contributed by atoms with E-state index in [1.807, 2.05) is 0 Å². The Morgan fingerprint density at radius 3 is 2.50 bits per heavy atom. The lowest BCUT2D eigenvalue weighted by Gasteiger charge is -2.22. The maximum absolute atomic E-state index is 11.2. The first kappa shape index (κ1) is 11.5. The summed E-state index contributed by atoms with van der Waals surface area (Å²) in [6, 6.07) is 0. The van der Waals surface area contributed by atoms with Crippen LogP contribution in [0.15, 0.2) is 0 Å². The van der Waals surface area contributed by atoms with Gasteiger partial charge in [-0.15, -0.1) is 0 Å². The number of esters is 1. The van der Waals surface area contributed by atoms with Crippen LogP contribution in [0, 0.1) is 5.92 Å². The van der Waals surface area contributed by atoms with Gasteiger partial charge in [0.25, 0.3) is 0 Å². The highest BCUT2D eigenvalue weighted by atomic mass is 16.6. The van der Waals surface area contributed by atoms with E-state index in [9.17, 15) is 4.79 Å². The molecular weight excluding hydrogens is 184 g/mol. The molecule has 0 radical (unpaired) electrons. The van der Waals surface area contributed by atoms with Gasteiger partial charge in [-0.05, 0) is 12.8 Å². The number of hydrogen-bond donors (Lipinski definition) is 0. The third-order valence-electron chi connectivity index (χ3n) is 2.34. The van der Waals surface area contributed by atoms with E-state index in [1.165, 1.54) is 0 Å². The number of ether oxygens (including phenoxy) is 3. The molecule has 1 fully saturated rings. The topological polar surface area (TPSA) is 44.8 Å². The Bertz CT molecular complexity index is 166. The Kier molecular flexibility index (Phi) is 5.56. The van der Waals surface area contributed by atoms with Crippen molar-refractivity contribution >= 4 is 5.97 Å². The van der Waals surface area contributed by atoms with E-state index in [0.29, 0.717) is 26.4 Å². The zero-order chi connectivity index (χ0) is 10.2. The van der Waals surface area contributed by atoms with E-state index in [0.717, 1.165) is 19.3 Å². The maximum atomic E-state index is 11.2. The van der Waals surface area contributed by atoms with Crippen molar-refractivity contribution in [3.8, 4) is 0 Å². The summed E-state index contributed by atoms with van der Waals surface area (Å²) in [5, 5.41) is 0. The van der Waals surface area contributed by atoms with E-state index in [4.69, 9.17) is 14.2 Å². The van der Waals surface area contributed by atoms with Crippen LogP contribution >= 0.6 is 0 Å². The molecule has 14 heavy (non-hydrogen) atoms. The predicted molar refractivity (Wildman–Crippen MR) is 51.0 cm³/mol. The second-order valence-corrected chi connectivity index (χ2v) is 3.40. The van der Waals surface area contributed by atoms with Crippen LogP contribution in [-0.4, -0.2) is 39.5 Å². The first-order valence-electron chi connectivity index (χ1n) is 5.08. The second kappa shape index (κ2) is 6.79. The van der Waals surface area contributed by atoms with Crippen LogP contribution in [0.3, 0.4) is 0 Å². The van der Waals surface area contributed by atoms with Gasteiger partial charge in [-0.25, -0.2) is 0 Å². The summed E-state index contributed by atoms with van der Waals surface area (Å²) in [5.74, 6) is 0.0977. The van der Waals surface area contributed by atoms with Crippen molar-refractivity contribution < 1.29 is 19.0 Å². The molecule has 0 bridgehead atoms. The van der Waals surface area contributed by atoms with E-state index >= 15 is 0 Å². The van der Waals surface area contributed by atoms with Crippen molar-refractivity contribution in [3.05, 3.63) is 0 Å². The van der Waals surface area contributed by atoms with Gasteiger partial charge in [0.1, 0.15) is 6.61 Å². The third-order valence-corrected chi connectivity index (χ3v) is 2.34. The van der Waals surface area contributed by atoms with Gasteiger partial charge >= 0.3 is 5.97 Å². The lowest BCUT2D eigenvalue weighted by Crippen LogP contribution is -2.25. The number of rotatable bonds is 7. The van der Waals surface area contributed by atoms with E-state index < -0.39 is 0 Å². The van der Waals surface area contributed by atoms with Crippen LogP contribution in [0.4, 0.5) is 0 Å². The van der Waals surface area contributed by atoms with Crippen LogP contribution in [0.5, 0.6) is 0 Å². The van der Waals surface area contributed by atoms with Crippen molar-refractivity contribution in [2.45, 2.75) is 19.3 Å². The Morgan fingerprint density at radius 1 is 1.21 bits per heavy atom. The zero-order valence-corrected chi connectivity index (χ0v) is 8.66. The highest BCUT2D eigenvalue weighted by molar-refractivity contribution is 5.73. The largest absolute Gasteiger partial charge is 0.463 e. The lowest BCUT2D eigenvalue weighted by molar-refractivity contribution is -0.153. The van der Waals surface area contributed by atoms with Gasteiger partial charge in [-0.3, -0.25) is 4.79 Å². The smallest absolute Gasteiger partial charge is 0.309 e. The molecule has 4 heteroatoms. The predicted octanol–water partition coefficient (Wildman–Crippen LogP) is 0.993. The maximum Gasteiger partial charge on any atom is 0.309 e. The van der Waals surface area contributed by atoms with Crippen LogP contribution in [0.25, 0.3) is 0 Å². The van der Waals surface area contributed by atoms with Crippen molar-refractivity contribution in [2.24, 2.45) is 5.92 Å². The molecule has 1 aliphatic carbocycles. The van der Waals surface area contributed by atoms with Gasteiger partial charge in [0.2, 0.25) is 0 Å². The summed E-state index contributed by atoms with van der Waals surface area (Å²) in [4.78, 5) is 11.2. The fraction of sp³-hybridized carbons (Fsp3) is 0.900. The van der Waals surface area contributed by atoms with Crippen LogP contribution < -0.4 is 0 Å². The van der Waals surface area contributed by atoms with Gasteiger partial charge in [0, 0.05) is 7.11 Å². The monoisotopic (exact) mass is 202 g/mol. The van der Waals surface area contributed by atoms with Gasteiger partial charge in [-0.1, -0.05) is 6.42 Å². The first-order chi connectivity index (χ1) is 6.84. The molecular formula is C10H18O4. The summed E-state index contributed by atoms with van der Waals surface area (Å²) in [6.07, 6.45) is 3.14. The minimum atomic E-state index is -0.0633. The molecule has 4 nitrogen and oxygen atoms in total. The van der Waals surface area contributed by atoms with Crippen molar-refractivity contribution in [3.63, 3.8) is 0 Å². The van der Waals surface area contributed by atoms with Gasteiger partial charge in [0.05, 0.1) is 25.7 Å². The van der Waals surface area contributed by atoms with E-state index in [1.54, 1.807) is 7.11 Å². The molecule has 0 heterocycles. The van der Waals surface area contributed by atoms with Crippen molar-refractivity contribution in [2.75, 3.05) is 33.5 Å². The summed E-state index contributed by atoms with van der Waals surface area (Å²) in [6.45, 7) is 1.95. The fourth-order valence-electron chi connectivity index (χ4n) is 1.21. The molecule has 0 unspecified atom stereocenters. The Labute approximate surface area is 84.5 Å². The van der Waals surface area contributed by atoms with Gasteiger partial charge in [0.15, 0.2) is 0 Å². The summed E-state index contributed by atoms with van der Waals surface area (Å²) < 4.78 is 15.0. The minimum Gasteiger partial charge on any atom is -0.463 e. The molecule has 0 aliphatic heterocycles. The van der Waals surface area contributed by atoms with Gasteiger partial charge in [-0.2, -0.15) is 0 Å². The average molecular weight is 202 g/mol. The zero-order valence-electron chi connectivity index (χ0n) is 8.66. The molecule has 1 aliphatic rings. The summed E-state index contributed by atoms with van der Waals surface area (Å²) >= 11 is 0. The van der Waals surface area contributed by atoms with Crippen molar-refractivity contribution in [1.29, 1.82) is 0 Å². The standard InChI is InChI=1S/C10H18O4/c1-12-5-6-13-7-8-14-10(11)9-3-2-4-9/h9H,2-8H2,1H3. The van der Waals surface area contributed by atoms with E-state index in [2.05, 4.69) is 0 Å². The minimum absolute atomic E-state index is 0.0633. The quantitative estimate of drug-likeness (QED) is 0.456. The van der Waals surface area contributed by atoms with E-state index in [-0.39, 0.29) is 11.9 Å². The molecule has 0 aromatic rings. The first-order valence-corrected chi connectivity index (χ1v) is 5.08. The number of methoxy groups -OCH3 is 1. The summed E-state index contributed by atoms with van der Waals surface area (Å²) in [7, 11) is 1.62. The molecule has 0 aromatic heterocycles. The highest BCUT2D eigenvalue weighted by Crippen LogP contribution is 2.27. The van der Waals surface area contributed by atoms with Crippen LogP contribution in [0.1, 0.15) is 19.3 Å². The normalized spacial score (nSPS) is 16.4. The molecule has 0 N–H and O–H groups in total. The number of carbonyl (C=O) groups is 1. The number of hydrogen-bond acceptors (Lipinski definition) is 4. The Morgan fingerprint density at radius 2 is 1.93 bits per heavy atom. The molecule has 0 amide bonds. The highest BCUT2D eigenvalue weighted by Gasteiger charge is 2.26. The average Bonchev–Trinajstić information content (AvgIpc) is 2.08. The number of carbonyl (C=O) groups excluding carboxylic acids is 1. The molecule has 0 aromatic carbocycles. The van der Waals surface area contributed by atoms with Crippen LogP contribution in [-0.2, 0) is 19.0 Å². The molecule has 0 spiro atoms. The van der Waals surface area contributed by atoms with Crippen molar-refractivity contribution in [1.82, 2.24) is 0 Å². The molecule has 0 atom stereocenters. The Balaban J connectivity index is 1.85. The molecule has 1 saturated carbocycles.